The fourth-order valence-electron chi connectivity index (χ4n) is 1.88. The van der Waals surface area contributed by atoms with Crippen LogP contribution in [0.4, 0.5) is 0 Å². The van der Waals surface area contributed by atoms with Gasteiger partial charge in [-0.1, -0.05) is 0 Å². The molecule has 0 spiro atoms. The van der Waals surface area contributed by atoms with Gasteiger partial charge in [0.15, 0.2) is 0 Å². The molecule has 1 aromatic heterocycles. The van der Waals surface area contributed by atoms with Crippen molar-refractivity contribution >= 4 is 0 Å². The monoisotopic (exact) mass is 179 g/mol. The molecule has 0 bridgehead atoms. The van der Waals surface area contributed by atoms with Crippen molar-refractivity contribution in [1.82, 2.24) is 5.32 Å². The number of nitrogens with zero attached hydrogens (tertiary/aromatic N) is 1. The van der Waals surface area contributed by atoms with Gasteiger partial charge in [0.05, 0.1) is 0 Å². The van der Waals surface area contributed by atoms with Crippen molar-refractivity contribution in [2.75, 3.05) is 13.1 Å². The molecule has 1 saturated heterocycles. The molecule has 2 heterocycles. The molecule has 0 aliphatic carbocycles. The summed E-state index contributed by atoms with van der Waals surface area (Å²) in [6.45, 7) is 2.18. The van der Waals surface area contributed by atoms with E-state index < -0.39 is 0 Å². The summed E-state index contributed by atoms with van der Waals surface area (Å²) in [5, 5.41) is 12.6. The molecule has 0 atom stereocenters. The van der Waals surface area contributed by atoms with Gasteiger partial charge in [-0.05, 0) is 37.9 Å². The smallest absolute Gasteiger partial charge is 0.225 e. The maximum absolute atomic E-state index is 9.24. The van der Waals surface area contributed by atoms with Crippen LogP contribution in [0.15, 0.2) is 24.5 Å². The minimum atomic E-state index is 0.612. The van der Waals surface area contributed by atoms with Gasteiger partial charge < -0.3 is 5.32 Å². The third-order valence-corrected chi connectivity index (χ3v) is 2.62. The van der Waals surface area contributed by atoms with Crippen molar-refractivity contribution in [3.63, 3.8) is 0 Å². The van der Waals surface area contributed by atoms with Gasteiger partial charge in [0.25, 0.3) is 0 Å². The summed E-state index contributed by atoms with van der Waals surface area (Å²) >= 11 is 0. The lowest BCUT2D eigenvalue weighted by molar-refractivity contribution is -0.905. The summed E-state index contributed by atoms with van der Waals surface area (Å²) in [5.41, 5.74) is 1.24. The van der Waals surface area contributed by atoms with Crippen LogP contribution in [0, 0.1) is 0 Å². The molecule has 13 heavy (non-hydrogen) atoms. The summed E-state index contributed by atoms with van der Waals surface area (Å²) in [4.78, 5) is 0. The van der Waals surface area contributed by atoms with E-state index in [2.05, 4.69) is 11.4 Å². The number of aromatic nitrogens is 1. The minimum absolute atomic E-state index is 0.612. The van der Waals surface area contributed by atoms with E-state index in [1.807, 2.05) is 6.07 Å². The average molecular weight is 179 g/mol. The highest BCUT2D eigenvalue weighted by atomic mass is 16.5. The highest BCUT2D eigenvalue weighted by Gasteiger charge is 2.17. The lowest BCUT2D eigenvalue weighted by atomic mass is 9.91. The molecule has 3 nitrogen and oxygen atoms in total. The first-order valence-corrected chi connectivity index (χ1v) is 4.77. The number of hydrogen-bond donors (Lipinski definition) is 2. The van der Waals surface area contributed by atoms with Gasteiger partial charge >= 0.3 is 0 Å². The van der Waals surface area contributed by atoms with Crippen LogP contribution >= 0.6 is 0 Å². The largest absolute Gasteiger partial charge is 0.317 e. The van der Waals surface area contributed by atoms with Gasteiger partial charge in [-0.3, -0.25) is 5.21 Å². The second-order valence-corrected chi connectivity index (χ2v) is 3.54. The van der Waals surface area contributed by atoms with Crippen LogP contribution in [0.25, 0.3) is 0 Å². The van der Waals surface area contributed by atoms with Gasteiger partial charge in [-0.15, -0.1) is 0 Å². The Kier molecular flexibility index (Phi) is 2.45. The summed E-state index contributed by atoms with van der Waals surface area (Å²) in [5.74, 6) is 0.612. The number of rotatable bonds is 1. The fraction of sp³-hybridized carbons (Fsp3) is 0.500. The van der Waals surface area contributed by atoms with E-state index >= 15 is 0 Å². The maximum Gasteiger partial charge on any atom is 0.225 e. The van der Waals surface area contributed by atoms with E-state index in [-0.39, 0.29) is 0 Å². The van der Waals surface area contributed by atoms with E-state index in [0.717, 1.165) is 17.8 Å². The average Bonchev–Trinajstić information content (AvgIpc) is 2.19. The minimum Gasteiger partial charge on any atom is -0.317 e. The van der Waals surface area contributed by atoms with Gasteiger partial charge in [-0.2, -0.15) is 0 Å². The molecule has 70 valence electrons. The first-order chi connectivity index (χ1) is 6.36. The second kappa shape index (κ2) is 3.75. The lowest BCUT2D eigenvalue weighted by Gasteiger charge is -2.21. The molecule has 1 aromatic rings. The molecule has 2 rings (SSSR count). The fourth-order valence-corrected chi connectivity index (χ4v) is 1.88. The molecule has 1 aliphatic heterocycles. The first-order valence-electron chi connectivity index (χ1n) is 4.77. The van der Waals surface area contributed by atoms with Crippen LogP contribution in [0.5, 0.6) is 0 Å². The third kappa shape index (κ3) is 1.98. The molecule has 0 unspecified atom stereocenters. The number of hydrogen-bond acceptors (Lipinski definition) is 2. The van der Waals surface area contributed by atoms with Crippen LogP contribution in [-0.4, -0.2) is 18.3 Å². The number of piperidine rings is 1. The SMILES string of the molecule is O[n+]1cccc(C2CCNCC2)c1. The van der Waals surface area contributed by atoms with Gasteiger partial charge in [-0.25, -0.2) is 0 Å². The zero-order chi connectivity index (χ0) is 9.10. The quantitative estimate of drug-likeness (QED) is 0.491. The Bertz CT molecular complexity index is 282. The van der Waals surface area contributed by atoms with Crippen LogP contribution < -0.4 is 10.0 Å². The van der Waals surface area contributed by atoms with Crippen LogP contribution in [0.1, 0.15) is 24.3 Å². The van der Waals surface area contributed by atoms with Crippen LogP contribution in [0.2, 0.25) is 0 Å². The molecule has 0 saturated carbocycles. The van der Waals surface area contributed by atoms with E-state index in [4.69, 9.17) is 0 Å². The van der Waals surface area contributed by atoms with Crippen molar-refractivity contribution in [2.24, 2.45) is 0 Å². The Morgan fingerprint density at radius 3 is 2.85 bits per heavy atom. The van der Waals surface area contributed by atoms with Crippen LogP contribution in [0.3, 0.4) is 0 Å². The summed E-state index contributed by atoms with van der Waals surface area (Å²) < 4.78 is 1.14. The zero-order valence-corrected chi connectivity index (χ0v) is 7.61. The predicted octanol–water partition coefficient (Wildman–Crippen LogP) is 0.678. The maximum atomic E-state index is 9.24. The highest BCUT2D eigenvalue weighted by Crippen LogP contribution is 2.23. The Morgan fingerprint density at radius 2 is 2.15 bits per heavy atom. The Morgan fingerprint density at radius 1 is 1.38 bits per heavy atom. The van der Waals surface area contributed by atoms with Gasteiger partial charge in [0, 0.05) is 16.4 Å². The Balaban J connectivity index is 2.14. The molecule has 0 radical (unpaired) electrons. The zero-order valence-electron chi connectivity index (χ0n) is 7.61. The molecule has 0 aromatic carbocycles. The lowest BCUT2D eigenvalue weighted by Crippen LogP contribution is -2.31. The summed E-state index contributed by atoms with van der Waals surface area (Å²) in [7, 11) is 0. The van der Waals surface area contributed by atoms with Crippen molar-refractivity contribution in [3.8, 4) is 0 Å². The molecule has 1 fully saturated rings. The topological polar surface area (TPSA) is 36.1 Å². The Labute approximate surface area is 78.0 Å². The number of pyridine rings is 1. The third-order valence-electron chi connectivity index (χ3n) is 2.62. The van der Waals surface area contributed by atoms with Gasteiger partial charge in [0.1, 0.15) is 0 Å². The van der Waals surface area contributed by atoms with Crippen molar-refractivity contribution in [1.29, 1.82) is 0 Å². The molecule has 2 N–H and O–H groups in total. The standard InChI is InChI=1S/C10H15N2O/c13-12-7-1-2-10(8-12)9-3-5-11-6-4-9/h1-2,7-9,11,13H,3-6H2/q+1. The number of nitrogens with one attached hydrogen (secondary N) is 1. The summed E-state index contributed by atoms with van der Waals surface area (Å²) in [6, 6.07) is 3.97. The van der Waals surface area contributed by atoms with Gasteiger partial charge in [0.2, 0.25) is 12.4 Å². The van der Waals surface area contributed by atoms with Crippen molar-refractivity contribution in [3.05, 3.63) is 30.1 Å². The molecular weight excluding hydrogens is 164 g/mol. The van der Waals surface area contributed by atoms with Crippen molar-refractivity contribution < 1.29 is 9.94 Å². The van der Waals surface area contributed by atoms with E-state index in [9.17, 15) is 5.21 Å². The molecule has 1 aliphatic rings. The Hall–Kier alpha value is -1.09. The predicted molar refractivity (Wildman–Crippen MR) is 48.7 cm³/mol. The van der Waals surface area contributed by atoms with Crippen LogP contribution in [-0.2, 0) is 0 Å². The van der Waals surface area contributed by atoms with Crippen molar-refractivity contribution in [2.45, 2.75) is 18.8 Å². The molecular formula is C10H15N2O+. The first kappa shape index (κ1) is 8.51. The van der Waals surface area contributed by atoms with E-state index in [1.54, 1.807) is 12.4 Å². The van der Waals surface area contributed by atoms with E-state index in [1.165, 1.54) is 18.4 Å². The van der Waals surface area contributed by atoms with E-state index in [0.29, 0.717) is 5.92 Å². The molecule has 3 heteroatoms. The molecule has 0 amide bonds. The highest BCUT2D eigenvalue weighted by molar-refractivity contribution is 5.12. The normalized spacial score (nSPS) is 18.8. The summed E-state index contributed by atoms with van der Waals surface area (Å²) in [6.07, 6.45) is 5.79. The second-order valence-electron chi connectivity index (χ2n) is 3.54.